The van der Waals surface area contributed by atoms with E-state index in [1.54, 1.807) is 13.8 Å². The van der Waals surface area contributed by atoms with Crippen molar-refractivity contribution in [1.29, 1.82) is 0 Å². The zero-order chi connectivity index (χ0) is 12.7. The van der Waals surface area contributed by atoms with Gasteiger partial charge in [0, 0.05) is 19.3 Å². The van der Waals surface area contributed by atoms with Crippen LogP contribution >= 0.6 is 0 Å². The molecule has 0 amide bonds. The number of alkyl halides is 3. The molecule has 0 radical (unpaired) electrons. The minimum absolute atomic E-state index is 0.296. The van der Waals surface area contributed by atoms with Gasteiger partial charge in [0.2, 0.25) is 0 Å². The van der Waals surface area contributed by atoms with Gasteiger partial charge < -0.3 is 13.3 Å². The van der Waals surface area contributed by atoms with Crippen molar-refractivity contribution in [2.24, 2.45) is 0 Å². The fourth-order valence-electron chi connectivity index (χ4n) is 1.28. The van der Waals surface area contributed by atoms with Crippen LogP contribution in [0.4, 0.5) is 13.2 Å². The van der Waals surface area contributed by atoms with Crippen LogP contribution in [0, 0.1) is 0 Å². The summed E-state index contributed by atoms with van der Waals surface area (Å²) in [5.74, 6) is 0. The summed E-state index contributed by atoms with van der Waals surface area (Å²) in [5.41, 5.74) is 0. The number of hydrogen-bond acceptors (Lipinski definition) is 3. The Bertz CT molecular complexity index is 170. The van der Waals surface area contributed by atoms with E-state index >= 15 is 0 Å². The summed E-state index contributed by atoms with van der Waals surface area (Å²) in [6, 6.07) is 0.408. The summed E-state index contributed by atoms with van der Waals surface area (Å²) in [6.07, 6.45) is -3.68. The van der Waals surface area contributed by atoms with E-state index in [0.29, 0.717) is 25.7 Å². The van der Waals surface area contributed by atoms with Crippen molar-refractivity contribution < 1.29 is 26.4 Å². The summed E-state index contributed by atoms with van der Waals surface area (Å²) in [7, 11) is -3.13. The molecular formula is C9H19F3O3Si. The molecule has 98 valence electrons. The Hall–Kier alpha value is -0.113. The third kappa shape index (κ3) is 6.47. The average molecular weight is 260 g/mol. The molecule has 0 saturated heterocycles. The summed E-state index contributed by atoms with van der Waals surface area (Å²) in [6.45, 7) is 4.57. The van der Waals surface area contributed by atoms with Crippen molar-refractivity contribution in [3.8, 4) is 0 Å². The van der Waals surface area contributed by atoms with Crippen LogP contribution in [-0.4, -0.2) is 34.8 Å². The van der Waals surface area contributed by atoms with Gasteiger partial charge in [-0.1, -0.05) is 13.3 Å². The highest BCUT2D eigenvalue weighted by Gasteiger charge is 2.43. The fraction of sp³-hybridized carbons (Fsp3) is 1.00. The summed E-state index contributed by atoms with van der Waals surface area (Å²) in [5, 5.41) is 0. The molecule has 0 rings (SSSR count). The molecule has 0 aromatic carbocycles. The van der Waals surface area contributed by atoms with Crippen molar-refractivity contribution in [3.05, 3.63) is 0 Å². The molecule has 0 aromatic rings. The van der Waals surface area contributed by atoms with Gasteiger partial charge in [-0.15, -0.1) is 0 Å². The van der Waals surface area contributed by atoms with Crippen molar-refractivity contribution >= 4 is 8.80 Å². The molecule has 0 N–H and O–H groups in total. The maximum absolute atomic E-state index is 12.1. The molecule has 0 bridgehead atoms. The van der Waals surface area contributed by atoms with Crippen LogP contribution in [0.1, 0.15) is 27.2 Å². The topological polar surface area (TPSA) is 27.7 Å². The van der Waals surface area contributed by atoms with Crippen molar-refractivity contribution in [1.82, 2.24) is 0 Å². The van der Waals surface area contributed by atoms with Gasteiger partial charge in [-0.05, 0) is 13.8 Å². The van der Waals surface area contributed by atoms with Crippen LogP contribution in [0.2, 0.25) is 6.04 Å². The first-order chi connectivity index (χ1) is 7.39. The molecule has 0 aromatic heterocycles. The van der Waals surface area contributed by atoms with Crippen molar-refractivity contribution in [2.75, 3.05) is 19.8 Å². The first-order valence-corrected chi connectivity index (χ1v) is 7.31. The number of hydrogen-bond donors (Lipinski definition) is 0. The predicted molar refractivity (Wildman–Crippen MR) is 56.1 cm³/mol. The molecule has 0 saturated carbocycles. The largest absolute Gasteiger partial charge is 0.501 e. The summed E-state index contributed by atoms with van der Waals surface area (Å²) in [4.78, 5) is 0. The van der Waals surface area contributed by atoms with E-state index in [-0.39, 0.29) is 0 Å². The van der Waals surface area contributed by atoms with Crippen LogP contribution in [0.25, 0.3) is 0 Å². The maximum Gasteiger partial charge on any atom is 0.501 e. The molecule has 3 nitrogen and oxygen atoms in total. The minimum atomic E-state index is -4.35. The van der Waals surface area contributed by atoms with Crippen molar-refractivity contribution in [3.63, 3.8) is 0 Å². The van der Waals surface area contributed by atoms with Gasteiger partial charge in [-0.3, -0.25) is 0 Å². The van der Waals surface area contributed by atoms with Crippen molar-refractivity contribution in [2.45, 2.75) is 39.4 Å². The molecule has 16 heavy (non-hydrogen) atoms. The SMILES string of the molecule is CCC[Si](OCC)(OCC)OCC(F)(F)F. The zero-order valence-corrected chi connectivity index (χ0v) is 10.9. The highest BCUT2D eigenvalue weighted by atomic mass is 28.4. The van der Waals surface area contributed by atoms with Gasteiger partial charge in [0.1, 0.15) is 6.61 Å². The molecule has 0 aliphatic rings. The first-order valence-electron chi connectivity index (χ1n) is 5.37. The van der Waals surface area contributed by atoms with Gasteiger partial charge in [0.15, 0.2) is 0 Å². The smallest absolute Gasteiger partial charge is 0.374 e. The lowest BCUT2D eigenvalue weighted by Crippen LogP contribution is -2.47. The normalized spacial score (nSPS) is 13.1. The Kier molecular flexibility index (Phi) is 7.21. The lowest BCUT2D eigenvalue weighted by molar-refractivity contribution is -0.164. The minimum Gasteiger partial charge on any atom is -0.374 e. The highest BCUT2D eigenvalue weighted by molar-refractivity contribution is 6.60. The standard InChI is InChI=1S/C9H19F3O3Si/c1-4-7-16(13-5-2,14-6-3)15-8-9(10,11)12/h4-8H2,1-3H3. The second kappa shape index (κ2) is 7.26. The molecule has 0 heterocycles. The fourth-order valence-corrected chi connectivity index (χ4v) is 3.84. The van der Waals surface area contributed by atoms with Gasteiger partial charge in [0.25, 0.3) is 0 Å². The van der Waals surface area contributed by atoms with Gasteiger partial charge in [0.05, 0.1) is 0 Å². The second-order valence-corrected chi connectivity index (χ2v) is 5.93. The predicted octanol–water partition coefficient (Wildman–Crippen LogP) is 2.99. The lowest BCUT2D eigenvalue weighted by Gasteiger charge is -2.28. The zero-order valence-electron chi connectivity index (χ0n) is 9.89. The first kappa shape index (κ1) is 15.9. The van der Waals surface area contributed by atoms with E-state index in [9.17, 15) is 13.2 Å². The summed E-state index contributed by atoms with van der Waals surface area (Å²) >= 11 is 0. The molecule has 0 atom stereocenters. The van der Waals surface area contributed by atoms with Gasteiger partial charge in [-0.2, -0.15) is 13.2 Å². The average Bonchev–Trinajstić information content (AvgIpc) is 2.15. The van der Waals surface area contributed by atoms with Crippen LogP contribution < -0.4 is 0 Å². The molecule has 0 fully saturated rings. The van der Waals surface area contributed by atoms with E-state index in [2.05, 4.69) is 0 Å². The highest BCUT2D eigenvalue weighted by Crippen LogP contribution is 2.23. The Labute approximate surface area is 95.2 Å². The van der Waals surface area contributed by atoms with E-state index in [4.69, 9.17) is 13.3 Å². The van der Waals surface area contributed by atoms with Crippen LogP contribution in [0.5, 0.6) is 0 Å². The summed E-state index contributed by atoms with van der Waals surface area (Å²) < 4.78 is 51.8. The Morgan fingerprint density at radius 2 is 1.44 bits per heavy atom. The van der Waals surface area contributed by atoms with E-state index < -0.39 is 21.6 Å². The quantitative estimate of drug-likeness (QED) is 0.628. The lowest BCUT2D eigenvalue weighted by atomic mass is 10.6. The molecular weight excluding hydrogens is 241 g/mol. The molecule has 0 spiro atoms. The van der Waals surface area contributed by atoms with Crippen LogP contribution in [0.15, 0.2) is 0 Å². The maximum atomic E-state index is 12.1. The van der Waals surface area contributed by atoms with Gasteiger partial charge in [-0.25, -0.2) is 0 Å². The molecule has 0 aliphatic heterocycles. The Balaban J connectivity index is 4.46. The van der Waals surface area contributed by atoms with Crippen LogP contribution in [-0.2, 0) is 13.3 Å². The Morgan fingerprint density at radius 3 is 1.75 bits per heavy atom. The third-order valence-electron chi connectivity index (χ3n) is 1.74. The Morgan fingerprint density at radius 1 is 0.938 bits per heavy atom. The van der Waals surface area contributed by atoms with Gasteiger partial charge >= 0.3 is 15.0 Å². The second-order valence-electron chi connectivity index (χ2n) is 3.20. The van der Waals surface area contributed by atoms with E-state index in [1.165, 1.54) is 0 Å². The van der Waals surface area contributed by atoms with E-state index in [0.717, 1.165) is 0 Å². The third-order valence-corrected chi connectivity index (χ3v) is 4.89. The molecule has 7 heteroatoms. The van der Waals surface area contributed by atoms with E-state index in [1.807, 2.05) is 6.92 Å². The van der Waals surface area contributed by atoms with Crippen LogP contribution in [0.3, 0.4) is 0 Å². The monoisotopic (exact) mass is 260 g/mol. The number of rotatable bonds is 8. The number of halogens is 3. The molecule has 0 unspecified atom stereocenters. The molecule has 0 aliphatic carbocycles.